The van der Waals surface area contributed by atoms with Crippen LogP contribution in [-0.4, -0.2) is 51.4 Å². The molecule has 7 nitrogen and oxygen atoms in total. The summed E-state index contributed by atoms with van der Waals surface area (Å²) in [6.07, 6.45) is 2.21. The van der Waals surface area contributed by atoms with Gasteiger partial charge in [0.2, 0.25) is 5.91 Å². The Balaban J connectivity index is 1.67. The van der Waals surface area contributed by atoms with Gasteiger partial charge in [0.25, 0.3) is 0 Å². The van der Waals surface area contributed by atoms with E-state index in [0.29, 0.717) is 6.04 Å². The summed E-state index contributed by atoms with van der Waals surface area (Å²) in [6.45, 7) is 12.7. The molecule has 0 radical (unpaired) electrons. The van der Waals surface area contributed by atoms with Crippen molar-refractivity contribution in [2.75, 3.05) is 20.2 Å². The van der Waals surface area contributed by atoms with E-state index in [1.165, 1.54) is 27.7 Å². The third kappa shape index (κ3) is 4.01. The van der Waals surface area contributed by atoms with Gasteiger partial charge in [-0.15, -0.1) is 0 Å². The lowest BCUT2D eigenvalue weighted by Crippen LogP contribution is -2.38. The van der Waals surface area contributed by atoms with Crippen molar-refractivity contribution in [1.82, 2.24) is 24.6 Å². The summed E-state index contributed by atoms with van der Waals surface area (Å²) in [5.41, 5.74) is 6.04. The molecule has 3 heterocycles. The molecule has 3 aromatic rings. The molecule has 0 bridgehead atoms. The van der Waals surface area contributed by atoms with Gasteiger partial charge in [-0.25, -0.2) is 0 Å². The van der Waals surface area contributed by atoms with Crippen LogP contribution in [0.4, 0.5) is 0 Å². The molecule has 1 amide bonds. The van der Waals surface area contributed by atoms with Crippen LogP contribution in [-0.2, 0) is 18.4 Å². The number of benzene rings is 1. The topological polar surface area (TPSA) is 64.3 Å². The van der Waals surface area contributed by atoms with Crippen molar-refractivity contribution in [1.29, 1.82) is 0 Å². The predicted octanol–water partition coefficient (Wildman–Crippen LogP) is 3.69. The molecular weight excluding hydrogens is 402 g/mol. The molecule has 1 fully saturated rings. The Hall–Kier alpha value is -2.80. The van der Waals surface area contributed by atoms with Gasteiger partial charge in [0.15, 0.2) is 0 Å². The van der Waals surface area contributed by atoms with Crippen LogP contribution in [0, 0.1) is 13.8 Å². The lowest BCUT2D eigenvalue weighted by atomic mass is 9.93. The zero-order valence-corrected chi connectivity index (χ0v) is 20.3. The van der Waals surface area contributed by atoms with Crippen molar-refractivity contribution in [3.63, 3.8) is 0 Å². The summed E-state index contributed by atoms with van der Waals surface area (Å²) in [6, 6.07) is 6.61. The average Bonchev–Trinajstić information content (AvgIpc) is 3.37. The van der Waals surface area contributed by atoms with E-state index in [2.05, 4.69) is 72.5 Å². The van der Waals surface area contributed by atoms with Crippen molar-refractivity contribution in [3.8, 4) is 5.75 Å². The van der Waals surface area contributed by atoms with Gasteiger partial charge in [-0.05, 0) is 51.5 Å². The third-order valence-electron chi connectivity index (χ3n) is 6.76. The van der Waals surface area contributed by atoms with Crippen LogP contribution in [0.25, 0.3) is 10.9 Å². The number of carbonyl (C=O) groups is 1. The number of nitrogens with one attached hydrogen (secondary N) is 1. The number of ether oxygens (including phenoxy) is 1. The largest absolute Gasteiger partial charge is 0.497 e. The van der Waals surface area contributed by atoms with Crippen LogP contribution < -0.4 is 10.1 Å². The molecule has 4 rings (SSSR count). The highest BCUT2D eigenvalue weighted by atomic mass is 16.5. The minimum Gasteiger partial charge on any atom is -0.497 e. The maximum atomic E-state index is 12.0. The fourth-order valence-electron chi connectivity index (χ4n) is 5.21. The van der Waals surface area contributed by atoms with Crippen molar-refractivity contribution < 1.29 is 9.53 Å². The van der Waals surface area contributed by atoms with Gasteiger partial charge < -0.3 is 14.6 Å². The smallest absolute Gasteiger partial charge is 0.217 e. The predicted molar refractivity (Wildman–Crippen MR) is 127 cm³/mol. The monoisotopic (exact) mass is 437 g/mol. The van der Waals surface area contributed by atoms with E-state index < -0.39 is 0 Å². The zero-order chi connectivity index (χ0) is 23.2. The first-order valence-corrected chi connectivity index (χ1v) is 11.4. The fraction of sp³-hybridized carbons (Fsp3) is 0.520. The number of methoxy groups -OCH3 is 1. The molecule has 1 aliphatic heterocycles. The summed E-state index contributed by atoms with van der Waals surface area (Å²) in [7, 11) is 3.77. The Kier molecular flexibility index (Phi) is 6.03. The molecule has 0 saturated carbocycles. The molecule has 1 aliphatic rings. The minimum absolute atomic E-state index is 0.0136. The zero-order valence-electron chi connectivity index (χ0n) is 20.3. The molecule has 1 saturated heterocycles. The Labute approximate surface area is 190 Å². The van der Waals surface area contributed by atoms with E-state index in [0.717, 1.165) is 31.1 Å². The number of hydrogen-bond donors (Lipinski definition) is 1. The number of fused-ring (bicyclic) bond motifs is 1. The number of aromatic nitrogens is 3. The van der Waals surface area contributed by atoms with E-state index in [9.17, 15) is 4.79 Å². The molecule has 1 aromatic carbocycles. The summed E-state index contributed by atoms with van der Waals surface area (Å²) in [5, 5.41) is 9.17. The molecular formula is C25H35N5O2. The van der Waals surface area contributed by atoms with Gasteiger partial charge in [0, 0.05) is 80.0 Å². The maximum Gasteiger partial charge on any atom is 0.217 e. The number of nitrogens with zero attached hydrogens (tertiary/aromatic N) is 4. The summed E-state index contributed by atoms with van der Waals surface area (Å²) < 4.78 is 9.77. The third-order valence-corrected chi connectivity index (χ3v) is 6.76. The summed E-state index contributed by atoms with van der Waals surface area (Å²) >= 11 is 0. The van der Waals surface area contributed by atoms with Crippen LogP contribution in [0.1, 0.15) is 55.2 Å². The van der Waals surface area contributed by atoms with Crippen LogP contribution in [0.5, 0.6) is 5.75 Å². The van der Waals surface area contributed by atoms with Crippen molar-refractivity contribution in [2.24, 2.45) is 7.05 Å². The Morgan fingerprint density at radius 1 is 1.28 bits per heavy atom. The highest BCUT2D eigenvalue weighted by Crippen LogP contribution is 2.36. The second-order valence-electron chi connectivity index (χ2n) is 9.37. The van der Waals surface area contributed by atoms with Crippen LogP contribution in [0.3, 0.4) is 0 Å². The molecule has 1 N–H and O–H groups in total. The lowest BCUT2D eigenvalue weighted by molar-refractivity contribution is -0.119. The maximum absolute atomic E-state index is 12.0. The first-order valence-electron chi connectivity index (χ1n) is 11.4. The number of amides is 1. The normalized spacial score (nSPS) is 19.2. The first-order chi connectivity index (χ1) is 15.2. The Morgan fingerprint density at radius 2 is 2.03 bits per heavy atom. The summed E-state index contributed by atoms with van der Waals surface area (Å²) in [4.78, 5) is 14.5. The number of rotatable bonds is 6. The second kappa shape index (κ2) is 8.62. The minimum atomic E-state index is 0.0136. The van der Waals surface area contributed by atoms with Gasteiger partial charge in [-0.2, -0.15) is 5.10 Å². The standard InChI is InChI=1S/C25H35N5O2/c1-15(2)30-17(4)21(16(3)27-30)12-29-13-23(24(14-29)26-18(5)31)22-11-28(6)25-9-8-19(32-7)10-20(22)25/h8-11,15,23-24H,12-14H2,1-7H3,(H,26,31)/t23-,24+/m1/s1. The molecule has 32 heavy (non-hydrogen) atoms. The molecule has 172 valence electrons. The van der Waals surface area contributed by atoms with Crippen molar-refractivity contribution in [2.45, 2.75) is 59.2 Å². The van der Waals surface area contributed by atoms with Gasteiger partial charge >= 0.3 is 0 Å². The second-order valence-corrected chi connectivity index (χ2v) is 9.37. The number of carbonyl (C=O) groups excluding carboxylic acids is 1. The fourth-order valence-corrected chi connectivity index (χ4v) is 5.21. The van der Waals surface area contributed by atoms with E-state index >= 15 is 0 Å². The van der Waals surface area contributed by atoms with Gasteiger partial charge in [-0.3, -0.25) is 14.4 Å². The molecule has 0 unspecified atom stereocenters. The highest BCUT2D eigenvalue weighted by molar-refractivity contribution is 5.86. The molecule has 7 heteroatoms. The van der Waals surface area contributed by atoms with E-state index in [4.69, 9.17) is 9.84 Å². The number of hydrogen-bond acceptors (Lipinski definition) is 4. The quantitative estimate of drug-likeness (QED) is 0.639. The van der Waals surface area contributed by atoms with Gasteiger partial charge in [0.05, 0.1) is 12.8 Å². The Morgan fingerprint density at radius 3 is 2.66 bits per heavy atom. The van der Waals surface area contributed by atoms with Crippen LogP contribution in [0.15, 0.2) is 24.4 Å². The van der Waals surface area contributed by atoms with E-state index in [1.54, 1.807) is 14.0 Å². The number of likely N-dealkylation sites (tertiary alicyclic amines) is 1. The molecule has 0 spiro atoms. The van der Waals surface area contributed by atoms with Gasteiger partial charge in [0.1, 0.15) is 5.75 Å². The van der Waals surface area contributed by atoms with Crippen molar-refractivity contribution in [3.05, 3.63) is 46.9 Å². The molecule has 2 atom stereocenters. The van der Waals surface area contributed by atoms with Crippen molar-refractivity contribution >= 4 is 16.8 Å². The highest BCUT2D eigenvalue weighted by Gasteiger charge is 2.36. The van der Waals surface area contributed by atoms with Gasteiger partial charge in [-0.1, -0.05) is 0 Å². The first kappa shape index (κ1) is 22.4. The van der Waals surface area contributed by atoms with Crippen LogP contribution >= 0.6 is 0 Å². The van der Waals surface area contributed by atoms with Crippen LogP contribution in [0.2, 0.25) is 0 Å². The Bertz CT molecular complexity index is 1140. The SMILES string of the molecule is COc1ccc2c(c1)c([C@H]1CN(Cc3c(C)nn(C(C)C)c3C)C[C@@H]1NC(C)=O)cn2C. The molecule has 2 aromatic heterocycles. The van der Waals surface area contributed by atoms with E-state index in [-0.39, 0.29) is 17.9 Å². The summed E-state index contributed by atoms with van der Waals surface area (Å²) in [5.74, 6) is 1.07. The van der Waals surface area contributed by atoms with E-state index in [1.807, 2.05) is 6.07 Å². The molecule has 0 aliphatic carbocycles. The number of aryl methyl sites for hydroxylation is 2. The lowest BCUT2D eigenvalue weighted by Gasteiger charge is -2.19. The average molecular weight is 438 g/mol.